The zero-order valence-electron chi connectivity index (χ0n) is 21.2. The molecule has 192 valence electrons. The summed E-state index contributed by atoms with van der Waals surface area (Å²) in [6, 6.07) is 17.2. The van der Waals surface area contributed by atoms with E-state index in [1.807, 2.05) is 68.4 Å². The number of urea groups is 1. The molecule has 0 atom stereocenters. The van der Waals surface area contributed by atoms with Crippen molar-refractivity contribution in [1.29, 1.82) is 0 Å². The lowest BCUT2D eigenvalue weighted by Gasteiger charge is -2.29. The molecule has 5 aromatic rings. The Hall–Kier alpha value is -4.70. The van der Waals surface area contributed by atoms with Crippen LogP contribution in [0.25, 0.3) is 21.9 Å². The number of nitrogens with one attached hydrogen (secondary N) is 4. The smallest absolute Gasteiger partial charge is 0.323 e. The Balaban J connectivity index is 1.24. The Morgan fingerprint density at radius 2 is 1.79 bits per heavy atom. The number of ether oxygens (including phenoxy) is 1. The normalized spacial score (nSPS) is 13.6. The maximum Gasteiger partial charge on any atom is 0.323 e. The molecule has 0 unspecified atom stereocenters. The quantitative estimate of drug-likeness (QED) is 0.253. The van der Waals surface area contributed by atoms with Crippen molar-refractivity contribution in [2.24, 2.45) is 0 Å². The summed E-state index contributed by atoms with van der Waals surface area (Å²) in [5.41, 5.74) is 6.45. The number of anilines is 5. The maximum absolute atomic E-state index is 13.0. The molecular weight excluding hydrogens is 480 g/mol. The van der Waals surface area contributed by atoms with Crippen LogP contribution in [0.5, 0.6) is 0 Å². The van der Waals surface area contributed by atoms with Gasteiger partial charge < -0.3 is 30.6 Å². The van der Waals surface area contributed by atoms with Gasteiger partial charge in [0.1, 0.15) is 11.3 Å². The van der Waals surface area contributed by atoms with Gasteiger partial charge in [0.2, 0.25) is 5.95 Å². The highest BCUT2D eigenvalue weighted by molar-refractivity contribution is 6.06. The number of rotatable bonds is 5. The van der Waals surface area contributed by atoms with E-state index in [0.29, 0.717) is 36.1 Å². The molecule has 0 radical (unpaired) electrons. The summed E-state index contributed by atoms with van der Waals surface area (Å²) in [6.45, 7) is 6.95. The van der Waals surface area contributed by atoms with E-state index in [1.165, 1.54) is 0 Å². The summed E-state index contributed by atoms with van der Waals surface area (Å²) >= 11 is 0. The number of imidazole rings is 1. The van der Waals surface area contributed by atoms with Gasteiger partial charge in [-0.05, 0) is 49.7 Å². The molecule has 0 bridgehead atoms. The lowest BCUT2D eigenvalue weighted by molar-refractivity contribution is 0.122. The molecule has 1 aliphatic heterocycles. The summed E-state index contributed by atoms with van der Waals surface area (Å²) in [5, 5.41) is 10.2. The largest absolute Gasteiger partial charge is 0.378 e. The topological polar surface area (TPSA) is 120 Å². The van der Waals surface area contributed by atoms with E-state index >= 15 is 0 Å². The van der Waals surface area contributed by atoms with Crippen molar-refractivity contribution in [2.45, 2.75) is 13.8 Å². The molecule has 1 fully saturated rings. The van der Waals surface area contributed by atoms with Crippen molar-refractivity contribution >= 4 is 56.7 Å². The molecule has 2 aromatic heterocycles. The third-order valence-corrected chi connectivity index (χ3v) is 6.50. The molecule has 10 heteroatoms. The molecule has 4 N–H and O–H groups in total. The number of aromatic amines is 1. The fourth-order valence-electron chi connectivity index (χ4n) is 4.69. The molecule has 38 heavy (non-hydrogen) atoms. The molecule has 10 nitrogen and oxygen atoms in total. The van der Waals surface area contributed by atoms with E-state index in [2.05, 4.69) is 40.8 Å². The second-order valence-corrected chi connectivity index (χ2v) is 9.30. The first-order chi connectivity index (χ1) is 18.5. The summed E-state index contributed by atoms with van der Waals surface area (Å²) in [4.78, 5) is 32.3. The Bertz CT molecular complexity index is 1640. The number of carbonyl (C=O) groups is 1. The van der Waals surface area contributed by atoms with Crippen LogP contribution in [-0.2, 0) is 4.74 Å². The number of hydrogen-bond donors (Lipinski definition) is 4. The van der Waals surface area contributed by atoms with Gasteiger partial charge in [-0.2, -0.15) is 0 Å². The van der Waals surface area contributed by atoms with Gasteiger partial charge in [-0.25, -0.2) is 19.7 Å². The standard InChI is InChI=1S/C28H28N8O2/c1-17-5-3-6-19-16-29-27(35-25(17)19)32-21-14-23-26(31-18(2)30-23)24(15-21)34-28(37)33-20-7-4-8-22(13-20)36-9-11-38-12-10-36/h3-8,13-16H,9-12H2,1-2H3,(H,30,31)(H,29,32,35)(H2,33,34,37). The van der Waals surface area contributed by atoms with Gasteiger partial charge in [-0.3, -0.25) is 0 Å². The van der Waals surface area contributed by atoms with Gasteiger partial charge >= 0.3 is 6.03 Å². The molecule has 6 rings (SSSR count). The lowest BCUT2D eigenvalue weighted by atomic mass is 10.1. The molecular formula is C28H28N8O2. The van der Waals surface area contributed by atoms with Crippen molar-refractivity contribution in [3.05, 3.63) is 72.2 Å². The number of benzene rings is 3. The summed E-state index contributed by atoms with van der Waals surface area (Å²) in [7, 11) is 0. The monoisotopic (exact) mass is 508 g/mol. The van der Waals surface area contributed by atoms with Gasteiger partial charge in [-0.1, -0.05) is 24.3 Å². The molecule has 3 aromatic carbocycles. The SMILES string of the molecule is Cc1nc2c(NC(=O)Nc3cccc(N4CCOCC4)c3)cc(Nc3ncc4cccc(C)c4n3)cc2[nH]1. The summed E-state index contributed by atoms with van der Waals surface area (Å²) < 4.78 is 5.45. The minimum absolute atomic E-state index is 0.360. The second-order valence-electron chi connectivity index (χ2n) is 9.30. The fourth-order valence-corrected chi connectivity index (χ4v) is 4.69. The zero-order valence-corrected chi connectivity index (χ0v) is 21.2. The van der Waals surface area contributed by atoms with E-state index in [4.69, 9.17) is 4.74 Å². The zero-order chi connectivity index (χ0) is 26.1. The number of H-pyrrole nitrogens is 1. The highest BCUT2D eigenvalue weighted by Crippen LogP contribution is 2.29. The number of morpholine rings is 1. The van der Waals surface area contributed by atoms with Crippen molar-refractivity contribution in [3.63, 3.8) is 0 Å². The van der Waals surface area contributed by atoms with Crippen molar-refractivity contribution in [3.8, 4) is 0 Å². The van der Waals surface area contributed by atoms with Crippen LogP contribution in [0.2, 0.25) is 0 Å². The van der Waals surface area contributed by atoms with Crippen molar-refractivity contribution in [1.82, 2.24) is 19.9 Å². The highest BCUT2D eigenvalue weighted by atomic mass is 16.5. The fraction of sp³-hybridized carbons (Fsp3) is 0.214. The van der Waals surface area contributed by atoms with E-state index in [9.17, 15) is 4.79 Å². The Labute approximate surface area is 219 Å². The summed E-state index contributed by atoms with van der Waals surface area (Å²) in [6.07, 6.45) is 1.80. The van der Waals surface area contributed by atoms with Crippen LogP contribution < -0.4 is 20.9 Å². The molecule has 1 aliphatic rings. The molecule has 2 amide bonds. The Morgan fingerprint density at radius 1 is 0.947 bits per heavy atom. The number of aromatic nitrogens is 4. The van der Waals surface area contributed by atoms with Gasteiger partial charge in [0, 0.05) is 41.7 Å². The maximum atomic E-state index is 13.0. The van der Waals surface area contributed by atoms with Gasteiger partial charge in [0.15, 0.2) is 0 Å². The lowest BCUT2D eigenvalue weighted by Crippen LogP contribution is -2.36. The Morgan fingerprint density at radius 3 is 2.66 bits per heavy atom. The molecule has 3 heterocycles. The number of amides is 2. The van der Waals surface area contributed by atoms with Gasteiger partial charge in [-0.15, -0.1) is 0 Å². The predicted octanol–water partition coefficient (Wildman–Crippen LogP) is 5.35. The van der Waals surface area contributed by atoms with Crippen molar-refractivity contribution < 1.29 is 9.53 Å². The first-order valence-corrected chi connectivity index (χ1v) is 12.5. The predicted molar refractivity (Wildman–Crippen MR) is 151 cm³/mol. The number of hydrogen-bond acceptors (Lipinski definition) is 7. The third kappa shape index (κ3) is 4.94. The van der Waals surface area contributed by atoms with Crippen LogP contribution in [0, 0.1) is 13.8 Å². The number of fused-ring (bicyclic) bond motifs is 2. The Kier molecular flexibility index (Phi) is 6.22. The molecule has 0 spiro atoms. The first-order valence-electron chi connectivity index (χ1n) is 12.5. The molecule has 0 aliphatic carbocycles. The van der Waals surface area contributed by atoms with E-state index in [0.717, 1.165) is 52.3 Å². The highest BCUT2D eigenvalue weighted by Gasteiger charge is 2.15. The van der Waals surface area contributed by atoms with Crippen LogP contribution in [-0.4, -0.2) is 52.3 Å². The number of para-hydroxylation sites is 1. The van der Waals surface area contributed by atoms with E-state index < -0.39 is 0 Å². The number of aryl methyl sites for hydroxylation is 2. The molecule has 0 saturated carbocycles. The number of nitrogens with zero attached hydrogens (tertiary/aromatic N) is 4. The van der Waals surface area contributed by atoms with Crippen LogP contribution in [0.4, 0.5) is 33.5 Å². The first kappa shape index (κ1) is 23.7. The average molecular weight is 509 g/mol. The van der Waals surface area contributed by atoms with E-state index in [-0.39, 0.29) is 6.03 Å². The second kappa shape index (κ2) is 9.98. The van der Waals surface area contributed by atoms with E-state index in [1.54, 1.807) is 6.20 Å². The van der Waals surface area contributed by atoms with Crippen LogP contribution in [0.1, 0.15) is 11.4 Å². The summed E-state index contributed by atoms with van der Waals surface area (Å²) in [5.74, 6) is 1.22. The number of carbonyl (C=O) groups excluding carboxylic acids is 1. The average Bonchev–Trinajstić information content (AvgIpc) is 3.30. The third-order valence-electron chi connectivity index (χ3n) is 6.50. The van der Waals surface area contributed by atoms with Crippen LogP contribution >= 0.6 is 0 Å². The molecule has 1 saturated heterocycles. The van der Waals surface area contributed by atoms with Crippen LogP contribution in [0.15, 0.2) is 60.8 Å². The van der Waals surface area contributed by atoms with Crippen LogP contribution in [0.3, 0.4) is 0 Å². The van der Waals surface area contributed by atoms with Gasteiger partial charge in [0.25, 0.3) is 0 Å². The van der Waals surface area contributed by atoms with Gasteiger partial charge in [0.05, 0.1) is 29.9 Å². The minimum atomic E-state index is -0.360. The van der Waals surface area contributed by atoms with Crippen molar-refractivity contribution in [2.75, 3.05) is 47.2 Å². The minimum Gasteiger partial charge on any atom is -0.378 e.